The van der Waals surface area contributed by atoms with Crippen molar-refractivity contribution in [2.24, 2.45) is 17.3 Å². The summed E-state index contributed by atoms with van der Waals surface area (Å²) in [6, 6.07) is 0. The molecule has 1 aromatic heterocycles. The first kappa shape index (κ1) is 17.5. The normalized spacial score (nSPS) is 13.5. The Morgan fingerprint density at radius 1 is 1.24 bits per heavy atom. The Labute approximate surface area is 126 Å². The van der Waals surface area contributed by atoms with Gasteiger partial charge in [0.1, 0.15) is 5.78 Å². The van der Waals surface area contributed by atoms with Crippen molar-refractivity contribution in [2.75, 3.05) is 0 Å². The molecule has 1 heterocycles. The maximum absolute atomic E-state index is 12.4. The Kier molecular flexibility index (Phi) is 5.81. The first-order valence-corrected chi connectivity index (χ1v) is 7.49. The molecule has 0 amide bonds. The van der Waals surface area contributed by atoms with Crippen LogP contribution in [0.3, 0.4) is 0 Å². The van der Waals surface area contributed by atoms with Crippen LogP contribution >= 0.6 is 0 Å². The van der Waals surface area contributed by atoms with Crippen LogP contribution in [-0.4, -0.2) is 21.7 Å². The molecule has 0 bridgehead atoms. The second-order valence-corrected chi connectivity index (χ2v) is 6.98. The van der Waals surface area contributed by atoms with Gasteiger partial charge in [0.25, 0.3) is 5.89 Å². The van der Waals surface area contributed by atoms with Crippen LogP contribution in [0, 0.1) is 17.3 Å². The number of hydrogen-bond donors (Lipinski definition) is 0. The van der Waals surface area contributed by atoms with Crippen molar-refractivity contribution in [3.05, 3.63) is 11.7 Å². The Hall–Kier alpha value is -1.52. The molecule has 1 atom stereocenters. The van der Waals surface area contributed by atoms with Crippen LogP contribution in [0.2, 0.25) is 0 Å². The highest BCUT2D eigenvalue weighted by Gasteiger charge is 2.32. The summed E-state index contributed by atoms with van der Waals surface area (Å²) in [5.74, 6) is 0.948. The summed E-state index contributed by atoms with van der Waals surface area (Å²) in [6.45, 7) is 11.9. The topological polar surface area (TPSA) is 73.1 Å². The lowest BCUT2D eigenvalue weighted by Gasteiger charge is -2.32. The number of aryl methyl sites for hydroxylation is 1. The lowest BCUT2D eigenvalue weighted by atomic mass is 9.71. The summed E-state index contributed by atoms with van der Waals surface area (Å²) < 4.78 is 4.83. The van der Waals surface area contributed by atoms with E-state index in [9.17, 15) is 9.59 Å². The van der Waals surface area contributed by atoms with Gasteiger partial charge in [-0.2, -0.15) is 4.98 Å². The maximum Gasteiger partial charge on any atom is 0.293 e. The number of rotatable bonds is 7. The monoisotopic (exact) mass is 294 g/mol. The second-order valence-electron chi connectivity index (χ2n) is 6.98. The van der Waals surface area contributed by atoms with Gasteiger partial charge in [0.15, 0.2) is 5.82 Å². The van der Waals surface area contributed by atoms with Crippen molar-refractivity contribution in [1.82, 2.24) is 10.1 Å². The third-order valence-electron chi connectivity index (χ3n) is 3.54. The van der Waals surface area contributed by atoms with Gasteiger partial charge in [-0.05, 0) is 17.8 Å². The summed E-state index contributed by atoms with van der Waals surface area (Å²) in [5, 5.41) is 3.74. The van der Waals surface area contributed by atoms with Crippen LogP contribution in [0.15, 0.2) is 4.52 Å². The highest BCUT2D eigenvalue weighted by Crippen LogP contribution is 2.33. The zero-order chi connectivity index (χ0) is 16.2. The van der Waals surface area contributed by atoms with Gasteiger partial charge in [-0.25, -0.2) is 0 Å². The minimum atomic E-state index is -0.238. The van der Waals surface area contributed by atoms with Gasteiger partial charge in [0.05, 0.1) is 0 Å². The van der Waals surface area contributed by atoms with Crippen molar-refractivity contribution in [3.63, 3.8) is 0 Å². The molecule has 1 aromatic rings. The minimum Gasteiger partial charge on any atom is -0.331 e. The van der Waals surface area contributed by atoms with Crippen molar-refractivity contribution in [3.8, 4) is 0 Å². The number of aromatic nitrogens is 2. The average Bonchev–Trinajstić information content (AvgIpc) is 2.75. The number of hydrogen-bond acceptors (Lipinski definition) is 5. The van der Waals surface area contributed by atoms with Crippen LogP contribution < -0.4 is 0 Å². The van der Waals surface area contributed by atoms with Gasteiger partial charge in [-0.1, -0.05) is 39.8 Å². The molecule has 21 heavy (non-hydrogen) atoms. The highest BCUT2D eigenvalue weighted by molar-refractivity contribution is 5.89. The van der Waals surface area contributed by atoms with Crippen molar-refractivity contribution >= 4 is 11.6 Å². The number of carbonyl (C=O) groups is 2. The molecule has 1 unspecified atom stereocenters. The third-order valence-corrected chi connectivity index (χ3v) is 3.54. The fourth-order valence-electron chi connectivity index (χ4n) is 2.93. The van der Waals surface area contributed by atoms with E-state index in [1.54, 1.807) is 0 Å². The predicted octanol–water partition coefficient (Wildman–Crippen LogP) is 3.48. The smallest absolute Gasteiger partial charge is 0.293 e. The molecule has 0 fully saturated rings. The van der Waals surface area contributed by atoms with Gasteiger partial charge >= 0.3 is 0 Å². The fraction of sp³-hybridized carbons (Fsp3) is 0.750. The number of nitrogens with zero attached hydrogens (tertiary/aromatic N) is 2. The van der Waals surface area contributed by atoms with Crippen LogP contribution in [0.25, 0.3) is 0 Å². The first-order chi connectivity index (χ1) is 9.62. The van der Waals surface area contributed by atoms with E-state index in [1.165, 1.54) is 6.92 Å². The molecule has 1 rings (SSSR count). The van der Waals surface area contributed by atoms with Crippen LogP contribution in [-0.2, 0) is 11.2 Å². The van der Waals surface area contributed by atoms with Crippen LogP contribution in [0.4, 0.5) is 0 Å². The number of Topliss-reactive ketones (excluding diaryl/α,β-unsaturated/α-hetero) is 2. The molecular weight excluding hydrogens is 268 g/mol. The zero-order valence-corrected chi connectivity index (χ0v) is 13.9. The molecule has 0 saturated carbocycles. The fourth-order valence-corrected chi connectivity index (χ4v) is 2.93. The largest absolute Gasteiger partial charge is 0.331 e. The summed E-state index contributed by atoms with van der Waals surface area (Å²) >= 11 is 0. The van der Waals surface area contributed by atoms with Crippen LogP contribution in [0.1, 0.15) is 70.9 Å². The molecule has 0 N–H and O–H groups in total. The molecule has 0 aliphatic carbocycles. The van der Waals surface area contributed by atoms with E-state index < -0.39 is 0 Å². The lowest BCUT2D eigenvalue weighted by molar-refractivity contribution is -0.128. The van der Waals surface area contributed by atoms with E-state index in [2.05, 4.69) is 44.8 Å². The molecule has 0 aromatic carbocycles. The maximum atomic E-state index is 12.4. The Morgan fingerprint density at radius 3 is 2.29 bits per heavy atom. The molecule has 5 nitrogen and oxygen atoms in total. The van der Waals surface area contributed by atoms with E-state index in [-0.39, 0.29) is 28.8 Å². The zero-order valence-electron chi connectivity index (χ0n) is 13.9. The standard InChI is InChI=1S/C16H26N2O3/c1-10(2)14(16(4,5)6)12(20)8-7-9-13-17-15(11(3)19)21-18-13/h10,14H,7-9H2,1-6H3. The van der Waals surface area contributed by atoms with Gasteiger partial charge in [0.2, 0.25) is 5.78 Å². The van der Waals surface area contributed by atoms with E-state index in [0.29, 0.717) is 31.0 Å². The summed E-state index contributed by atoms with van der Waals surface area (Å²) in [7, 11) is 0. The Morgan fingerprint density at radius 2 is 1.86 bits per heavy atom. The molecule has 0 aliphatic heterocycles. The van der Waals surface area contributed by atoms with Gasteiger partial charge in [0, 0.05) is 25.7 Å². The lowest BCUT2D eigenvalue weighted by Crippen LogP contribution is -2.32. The van der Waals surface area contributed by atoms with Gasteiger partial charge in [-0.15, -0.1) is 0 Å². The van der Waals surface area contributed by atoms with Crippen LogP contribution in [0.5, 0.6) is 0 Å². The summed E-state index contributed by atoms with van der Waals surface area (Å²) in [5.41, 5.74) is -0.0286. The Balaban J connectivity index is 2.54. The molecular formula is C16H26N2O3. The van der Waals surface area contributed by atoms with Gasteiger partial charge < -0.3 is 4.52 Å². The quantitative estimate of drug-likeness (QED) is 0.720. The first-order valence-electron chi connectivity index (χ1n) is 7.49. The highest BCUT2D eigenvalue weighted by atomic mass is 16.5. The third kappa shape index (κ3) is 5.06. The summed E-state index contributed by atoms with van der Waals surface area (Å²) in [6.07, 6.45) is 1.73. The molecule has 118 valence electrons. The van der Waals surface area contributed by atoms with E-state index >= 15 is 0 Å². The van der Waals surface area contributed by atoms with Crippen molar-refractivity contribution in [2.45, 2.75) is 60.8 Å². The minimum absolute atomic E-state index is 0.0286. The molecule has 0 aliphatic rings. The van der Waals surface area contributed by atoms with Crippen molar-refractivity contribution in [1.29, 1.82) is 0 Å². The van der Waals surface area contributed by atoms with E-state index in [0.717, 1.165) is 0 Å². The molecule has 0 spiro atoms. The molecule has 0 saturated heterocycles. The molecule has 0 radical (unpaired) electrons. The second kappa shape index (κ2) is 6.96. The average molecular weight is 294 g/mol. The molecule has 5 heteroatoms. The van der Waals surface area contributed by atoms with Crippen molar-refractivity contribution < 1.29 is 14.1 Å². The SMILES string of the molecule is CC(=O)c1nc(CCCC(=O)C(C(C)C)C(C)(C)C)no1. The number of ketones is 2. The predicted molar refractivity (Wildman–Crippen MR) is 80.0 cm³/mol. The van der Waals surface area contributed by atoms with E-state index in [4.69, 9.17) is 4.52 Å². The summed E-state index contributed by atoms with van der Waals surface area (Å²) in [4.78, 5) is 27.5. The number of carbonyl (C=O) groups excluding carboxylic acids is 2. The van der Waals surface area contributed by atoms with E-state index in [1.807, 2.05) is 0 Å². The Bertz CT molecular complexity index is 498. The van der Waals surface area contributed by atoms with Gasteiger partial charge in [-0.3, -0.25) is 9.59 Å².